The van der Waals surface area contributed by atoms with E-state index in [2.05, 4.69) is 101 Å². The van der Waals surface area contributed by atoms with Gasteiger partial charge in [0, 0.05) is 102 Å². The van der Waals surface area contributed by atoms with Crippen LogP contribution in [0.25, 0.3) is 89.7 Å². The smallest absolute Gasteiger partial charge is 0.277 e. The highest BCUT2D eigenvalue weighted by atomic mass is 32.2. The third-order valence-electron chi connectivity index (χ3n) is 25.6. The van der Waals surface area contributed by atoms with Crippen LogP contribution in [0, 0.1) is 0 Å². The second-order valence-corrected chi connectivity index (χ2v) is 43.0. The summed E-state index contributed by atoms with van der Waals surface area (Å²) >= 11 is 0. The van der Waals surface area contributed by atoms with E-state index in [4.69, 9.17) is 42.3 Å². The van der Waals surface area contributed by atoms with Gasteiger partial charge in [-0.3, -0.25) is 37.9 Å². The van der Waals surface area contributed by atoms with Gasteiger partial charge in [-0.1, -0.05) is 80.8 Å². The van der Waals surface area contributed by atoms with Crippen molar-refractivity contribution in [3.8, 4) is 68.5 Å². The summed E-state index contributed by atoms with van der Waals surface area (Å²) in [7, 11) is -2.05. The number of likely N-dealkylation sites (tertiary alicyclic amines) is 4. The van der Waals surface area contributed by atoms with E-state index in [-0.39, 0.29) is 184 Å². The molecule has 0 radical (unpaired) electrons. The van der Waals surface area contributed by atoms with E-state index in [0.717, 1.165) is 88.6 Å². The maximum atomic E-state index is 13.4. The third-order valence-corrected chi connectivity index (χ3v) is 31.2. The molecule has 0 amide bonds. The van der Waals surface area contributed by atoms with E-state index in [1.807, 2.05) is 53.7 Å². The Balaban J connectivity index is 0.000000177. The van der Waals surface area contributed by atoms with Crippen LogP contribution in [-0.4, -0.2) is 263 Å². The Morgan fingerprint density at radius 1 is 0.354 bits per heavy atom. The molecule has 40 nitrogen and oxygen atoms in total. The molecule has 5 atom stereocenters. The standard InChI is InChI=1S/4C25H36N6O4S/c4*1-5-8-20-22-23(31(4)29-20)25(32)28-24(27-22)19-16-18(10-11-21(19)35-15-6-2)36(33,34)26-13-12-17-9-7-14-30(17)3/h4*10-11,16-17,26H,5-9,12-15H2,1-4H3,(H,27,28,32)/i1D3,13D2;1D3,13D;1D3,8D2;1D3. The summed E-state index contributed by atoms with van der Waals surface area (Å²) < 4.78 is 277. The van der Waals surface area contributed by atoms with E-state index in [1.54, 1.807) is 27.2 Å². The van der Waals surface area contributed by atoms with Crippen molar-refractivity contribution in [2.45, 2.75) is 253 Å². The van der Waals surface area contributed by atoms with Crippen molar-refractivity contribution in [1.29, 1.82) is 0 Å². The molecule has 5 unspecified atom stereocenters. The molecule has 4 aliphatic heterocycles. The minimum Gasteiger partial charge on any atom is -0.493 e. The van der Waals surface area contributed by atoms with Gasteiger partial charge in [0.05, 0.1) is 91.0 Å². The van der Waals surface area contributed by atoms with Crippen LogP contribution in [0.4, 0.5) is 0 Å². The Bertz CT molecular complexity index is 7990. The molecule has 4 fully saturated rings. The number of aryl methyl sites for hydroxylation is 8. The van der Waals surface area contributed by atoms with E-state index in [0.29, 0.717) is 118 Å². The summed E-state index contributed by atoms with van der Waals surface area (Å²) in [6, 6.07) is 17.8. The van der Waals surface area contributed by atoms with Gasteiger partial charge in [0.1, 0.15) is 68.4 Å². The number of hydrogen-bond acceptors (Lipinski definition) is 28. The highest BCUT2D eigenvalue weighted by molar-refractivity contribution is 7.90. The molecule has 4 aromatic carbocycles. The van der Waals surface area contributed by atoms with E-state index < -0.39 is 116 Å². The van der Waals surface area contributed by atoms with Crippen LogP contribution < -0.4 is 60.1 Å². The number of aromatic nitrogens is 16. The Morgan fingerprint density at radius 3 is 0.910 bits per heavy atom. The number of hydrogen-bond donors (Lipinski definition) is 8. The minimum absolute atomic E-state index is 0.00114. The molecule has 0 spiro atoms. The zero-order valence-electron chi connectivity index (χ0n) is 100. The van der Waals surface area contributed by atoms with Crippen molar-refractivity contribution in [3.63, 3.8) is 0 Å². The summed E-state index contributed by atoms with van der Waals surface area (Å²) in [6.07, 6.45) is 9.01. The average molecular weight is 2080 g/mol. The predicted octanol–water partition coefficient (Wildman–Crippen LogP) is 11.3. The minimum atomic E-state index is -4.32. The van der Waals surface area contributed by atoms with Crippen LogP contribution in [0.2, 0.25) is 0 Å². The first kappa shape index (κ1) is 88.3. The van der Waals surface area contributed by atoms with Crippen LogP contribution in [0.5, 0.6) is 23.0 Å². The van der Waals surface area contributed by atoms with Crippen LogP contribution in [0.1, 0.15) is 230 Å². The third kappa shape index (κ3) is 26.5. The quantitative estimate of drug-likeness (QED) is 0.0176. The van der Waals surface area contributed by atoms with Gasteiger partial charge in [-0.2, -0.15) is 20.4 Å². The molecule has 8 aromatic heterocycles. The number of benzene rings is 4. The Labute approximate surface area is 866 Å². The van der Waals surface area contributed by atoms with Crippen LogP contribution >= 0.6 is 0 Å². The molecular weight excluding hydrogens is 1920 g/mol. The van der Waals surface area contributed by atoms with Gasteiger partial charge in [0.25, 0.3) is 22.2 Å². The summed E-state index contributed by atoms with van der Waals surface area (Å²) in [5, 5.41) is 17.1. The molecule has 12 aromatic rings. The van der Waals surface area contributed by atoms with E-state index in [9.17, 15) is 52.8 Å². The second kappa shape index (κ2) is 49.9. The summed E-state index contributed by atoms with van der Waals surface area (Å²) in [6.45, 7) is 1.07. The molecule has 784 valence electrons. The number of sulfonamides is 4. The van der Waals surface area contributed by atoms with Crippen molar-refractivity contribution >= 4 is 84.2 Å². The van der Waals surface area contributed by atoms with Gasteiger partial charge < -0.3 is 58.5 Å². The lowest BCUT2D eigenvalue weighted by molar-refractivity contribution is 0.297. The van der Waals surface area contributed by atoms with Crippen LogP contribution in [0.3, 0.4) is 0 Å². The molecule has 0 bridgehead atoms. The maximum Gasteiger partial charge on any atom is 0.277 e. The molecule has 4 aliphatic rings. The zero-order valence-corrected chi connectivity index (χ0v) is 86.7. The number of rotatable bonds is 44. The van der Waals surface area contributed by atoms with Gasteiger partial charge in [0.2, 0.25) is 40.1 Å². The molecule has 0 aliphatic carbocycles. The van der Waals surface area contributed by atoms with Crippen molar-refractivity contribution in [2.24, 2.45) is 28.2 Å². The van der Waals surface area contributed by atoms with Crippen molar-refractivity contribution in [2.75, 3.05) is 107 Å². The first-order valence-electron chi connectivity index (χ1n) is 57.2. The molecule has 44 heteroatoms. The SMILES string of the molecule is [2H]C(CC1CCCN1C)NS(=O)(=O)c1ccc(OCCC)c(-c2nc3c(CCC([2H])([2H])[2H])nn(C)c3c(=O)[nH]2)c1.[2H]C([2H])([2H])CC([2H])([2H])c1nn(C)c2c(=O)[nH]c(-c3cc(S(=O)(=O)NCCC4CCCN4C)ccc3OCCC)nc12.[2H]C([2H])([2H])CCc1nn(C)c2c(=O)[nH]c(-c3cc(S(=O)(=O)NC([2H])([2H])CC4CCCN4C)ccc3OCCC)nc12.[2H]C([2H])([2H])CCc1nn(C)c2c(=O)[nH]c(-c3cc(S(=O)(=O)NCCC4CCCN4C)ccc3OCCC)nc12. The van der Waals surface area contributed by atoms with E-state index >= 15 is 0 Å². The van der Waals surface area contributed by atoms with Gasteiger partial charge in [-0.25, -0.2) is 72.5 Å². The lowest BCUT2D eigenvalue weighted by Crippen LogP contribution is -2.31. The molecule has 12 heterocycles. The Hall–Kier alpha value is -11.0. The van der Waals surface area contributed by atoms with Crippen molar-refractivity contribution in [3.05, 3.63) is 137 Å². The summed E-state index contributed by atoms with van der Waals surface area (Å²) in [4.78, 5) is 89.7. The van der Waals surface area contributed by atoms with Crippen molar-refractivity contribution < 1.29 is 75.9 Å². The average Bonchev–Trinajstić information content (AvgIpc) is 1.60. The molecule has 8 N–H and O–H groups in total. The fourth-order valence-electron chi connectivity index (χ4n) is 18.1. The predicted molar refractivity (Wildman–Crippen MR) is 559 cm³/mol. The zero-order chi connectivity index (χ0) is 118. The van der Waals surface area contributed by atoms with E-state index in [1.165, 1.54) is 87.8 Å². The molecule has 0 saturated carbocycles. The fourth-order valence-corrected chi connectivity index (χ4v) is 22.1. The number of ether oxygens (including phenoxy) is 4. The summed E-state index contributed by atoms with van der Waals surface area (Å²) in [5.41, 5.74) is 0.639. The first-order valence-corrected chi connectivity index (χ1v) is 54.6. The Kier molecular flexibility index (Phi) is 30.6. The molecule has 144 heavy (non-hydrogen) atoms. The fraction of sp³-hybridized carbons (Fsp3) is 0.560. The highest BCUT2D eigenvalue weighted by Crippen LogP contribution is 2.38. The molecule has 16 rings (SSSR count). The molecular formula is C100H144N24O16S4. The number of nitrogens with one attached hydrogen (secondary N) is 8. The van der Waals surface area contributed by atoms with Gasteiger partial charge in [-0.15, -0.1) is 0 Å². The maximum absolute atomic E-state index is 13.4. The molecule has 4 saturated heterocycles. The van der Waals surface area contributed by atoms with Crippen LogP contribution in [0.15, 0.2) is 112 Å². The van der Waals surface area contributed by atoms with Gasteiger partial charge >= 0.3 is 0 Å². The van der Waals surface area contributed by atoms with Gasteiger partial charge in [0.15, 0.2) is 22.1 Å². The van der Waals surface area contributed by atoms with Gasteiger partial charge in [-0.05, 0) is 256 Å². The topological polar surface area (TPSA) is 489 Å². The number of aromatic amines is 4. The highest BCUT2D eigenvalue weighted by Gasteiger charge is 2.32. The number of H-pyrrole nitrogens is 4. The normalized spacial score (nSPS) is 19.2. The monoisotopic (exact) mass is 2080 g/mol. The summed E-state index contributed by atoms with van der Waals surface area (Å²) in [5.74, 6) is 1.39. The number of nitrogens with zero attached hydrogens (tertiary/aromatic N) is 16. The lowest BCUT2D eigenvalue weighted by Gasteiger charge is -2.19. The lowest BCUT2D eigenvalue weighted by atomic mass is 10.1. The first-order chi connectivity index (χ1) is 75.4. The largest absolute Gasteiger partial charge is 0.493 e. The second-order valence-electron chi connectivity index (χ2n) is 36.0. The Morgan fingerprint density at radius 2 is 0.625 bits per heavy atom. The number of fused-ring (bicyclic) bond motifs is 4. The van der Waals surface area contributed by atoms with Crippen molar-refractivity contribution in [1.82, 2.24) is 117 Å². The van der Waals surface area contributed by atoms with Crippen LogP contribution in [-0.2, 0) is 93.9 Å².